The van der Waals surface area contributed by atoms with Gasteiger partial charge in [0.2, 0.25) is 0 Å². The standard InChI is InChI=1S/C39H70NO8P/c1-3-5-7-9-11-13-15-17-18-20-21-23-25-27-29-31-38(41)45-35-37(36-47-49(43,44)46-34-33-40)48-39(42)32-30-28-26-24-22-19-16-14-12-10-8-6-4-2/h5,7,11,13-14,16-18,37H,3-4,6,8-10,12,15,19-36,40H2,1-2H3,(H,43,44)/b7-5+,13-11+,16-14+,18-17+/t37-/m1/s1. The third-order valence-electron chi connectivity index (χ3n) is 7.70. The molecule has 0 heterocycles. The maximum atomic E-state index is 12.5. The van der Waals surface area contributed by atoms with Crippen molar-refractivity contribution < 1.29 is 37.6 Å². The van der Waals surface area contributed by atoms with Gasteiger partial charge in [0.25, 0.3) is 0 Å². The van der Waals surface area contributed by atoms with Crippen LogP contribution in [0.4, 0.5) is 0 Å². The van der Waals surface area contributed by atoms with Crippen molar-refractivity contribution in [1.82, 2.24) is 0 Å². The molecule has 10 heteroatoms. The lowest BCUT2D eigenvalue weighted by atomic mass is 10.1. The number of hydrogen-bond donors (Lipinski definition) is 2. The molecule has 1 unspecified atom stereocenters. The number of carbonyl (C=O) groups excluding carboxylic acids is 2. The molecule has 0 radical (unpaired) electrons. The summed E-state index contributed by atoms with van der Waals surface area (Å²) in [6.45, 7) is 3.55. The summed E-state index contributed by atoms with van der Waals surface area (Å²) >= 11 is 0. The highest BCUT2D eigenvalue weighted by Gasteiger charge is 2.25. The van der Waals surface area contributed by atoms with Crippen LogP contribution < -0.4 is 5.73 Å². The van der Waals surface area contributed by atoms with Gasteiger partial charge in [-0.3, -0.25) is 18.6 Å². The van der Waals surface area contributed by atoms with Crippen molar-refractivity contribution in [3.05, 3.63) is 48.6 Å². The molecule has 0 rings (SSSR count). The monoisotopic (exact) mass is 711 g/mol. The number of unbranched alkanes of at least 4 members (excludes halogenated alkanes) is 14. The molecule has 0 amide bonds. The minimum absolute atomic E-state index is 0.0479. The van der Waals surface area contributed by atoms with Gasteiger partial charge in [0.15, 0.2) is 6.10 Å². The number of carbonyl (C=O) groups is 2. The first kappa shape index (κ1) is 47.0. The lowest BCUT2D eigenvalue weighted by Gasteiger charge is -2.19. The molecule has 49 heavy (non-hydrogen) atoms. The van der Waals surface area contributed by atoms with Crippen LogP contribution in [0.1, 0.15) is 155 Å². The number of phosphoric acid groups is 1. The van der Waals surface area contributed by atoms with Gasteiger partial charge in [0.1, 0.15) is 6.61 Å². The molecule has 284 valence electrons. The molecule has 0 saturated carbocycles. The second kappa shape index (κ2) is 35.8. The highest BCUT2D eigenvalue weighted by molar-refractivity contribution is 7.47. The Labute approximate surface area is 298 Å². The van der Waals surface area contributed by atoms with Crippen molar-refractivity contribution in [2.45, 2.75) is 161 Å². The van der Waals surface area contributed by atoms with Crippen LogP contribution in [-0.4, -0.2) is 49.3 Å². The van der Waals surface area contributed by atoms with Gasteiger partial charge in [0, 0.05) is 19.4 Å². The van der Waals surface area contributed by atoms with Gasteiger partial charge in [-0.15, -0.1) is 0 Å². The van der Waals surface area contributed by atoms with Crippen LogP contribution in [0.5, 0.6) is 0 Å². The van der Waals surface area contributed by atoms with E-state index < -0.39 is 32.5 Å². The van der Waals surface area contributed by atoms with E-state index in [1.54, 1.807) is 0 Å². The van der Waals surface area contributed by atoms with Crippen molar-refractivity contribution in [3.8, 4) is 0 Å². The Kier molecular flexibility index (Phi) is 34.3. The first-order chi connectivity index (χ1) is 23.8. The van der Waals surface area contributed by atoms with E-state index >= 15 is 0 Å². The molecule has 0 aromatic rings. The SMILES string of the molecule is CC/C=C/C/C=C/C/C=C/CCCCCCCC(=O)OC[C@H](COP(=O)(O)OCCN)OC(=O)CCCCCCC/C=C/CCCCCC. The molecule has 0 aliphatic rings. The fourth-order valence-electron chi connectivity index (χ4n) is 4.88. The molecule has 0 aliphatic carbocycles. The zero-order chi connectivity index (χ0) is 36.1. The second-order valence-electron chi connectivity index (χ2n) is 12.4. The number of allylic oxidation sites excluding steroid dienone is 8. The Morgan fingerprint density at radius 3 is 1.69 bits per heavy atom. The van der Waals surface area contributed by atoms with E-state index in [4.69, 9.17) is 24.3 Å². The summed E-state index contributed by atoms with van der Waals surface area (Å²) in [6, 6.07) is 0. The molecule has 0 fully saturated rings. The summed E-state index contributed by atoms with van der Waals surface area (Å²) in [5, 5.41) is 0. The van der Waals surface area contributed by atoms with E-state index in [1.165, 1.54) is 32.1 Å². The van der Waals surface area contributed by atoms with E-state index in [1.807, 2.05) is 0 Å². The molecule has 9 nitrogen and oxygen atoms in total. The number of nitrogens with two attached hydrogens (primary N) is 1. The smallest absolute Gasteiger partial charge is 0.462 e. The van der Waals surface area contributed by atoms with Gasteiger partial charge in [-0.2, -0.15) is 0 Å². The molecule has 0 aromatic carbocycles. The minimum Gasteiger partial charge on any atom is -0.462 e. The zero-order valence-corrected chi connectivity index (χ0v) is 31.8. The zero-order valence-electron chi connectivity index (χ0n) is 30.9. The van der Waals surface area contributed by atoms with Crippen molar-refractivity contribution in [2.75, 3.05) is 26.4 Å². The van der Waals surface area contributed by atoms with E-state index in [9.17, 15) is 19.0 Å². The number of rotatable bonds is 35. The van der Waals surface area contributed by atoms with Crippen LogP contribution in [0, 0.1) is 0 Å². The second-order valence-corrected chi connectivity index (χ2v) is 13.9. The summed E-state index contributed by atoms with van der Waals surface area (Å²) in [7, 11) is -4.38. The van der Waals surface area contributed by atoms with Gasteiger partial charge in [-0.25, -0.2) is 4.57 Å². The summed E-state index contributed by atoms with van der Waals surface area (Å²) in [4.78, 5) is 34.7. The average Bonchev–Trinajstić information content (AvgIpc) is 3.08. The molecule has 0 spiro atoms. The predicted molar refractivity (Wildman–Crippen MR) is 201 cm³/mol. The molecule has 2 atom stereocenters. The van der Waals surface area contributed by atoms with Crippen LogP contribution in [0.25, 0.3) is 0 Å². The van der Waals surface area contributed by atoms with Gasteiger partial charge in [-0.1, -0.05) is 120 Å². The Morgan fingerprint density at radius 2 is 1.12 bits per heavy atom. The molecule has 0 bridgehead atoms. The molecular weight excluding hydrogens is 641 g/mol. The van der Waals surface area contributed by atoms with Crippen molar-refractivity contribution in [1.29, 1.82) is 0 Å². The third-order valence-corrected chi connectivity index (χ3v) is 8.68. The molecular formula is C39H70NO8P. The van der Waals surface area contributed by atoms with Crippen LogP contribution in [-0.2, 0) is 32.7 Å². The third kappa shape index (κ3) is 35.6. The van der Waals surface area contributed by atoms with Gasteiger partial charge in [0.05, 0.1) is 13.2 Å². The largest absolute Gasteiger partial charge is 0.472 e. The lowest BCUT2D eigenvalue weighted by molar-refractivity contribution is -0.161. The van der Waals surface area contributed by atoms with Gasteiger partial charge >= 0.3 is 19.8 Å². The van der Waals surface area contributed by atoms with Crippen molar-refractivity contribution in [3.63, 3.8) is 0 Å². The predicted octanol–water partition coefficient (Wildman–Crippen LogP) is 10.4. The van der Waals surface area contributed by atoms with Crippen molar-refractivity contribution >= 4 is 19.8 Å². The molecule has 0 aromatic heterocycles. The van der Waals surface area contributed by atoms with Crippen LogP contribution in [0.2, 0.25) is 0 Å². The number of hydrogen-bond acceptors (Lipinski definition) is 8. The fourth-order valence-corrected chi connectivity index (χ4v) is 5.64. The van der Waals surface area contributed by atoms with E-state index in [-0.39, 0.29) is 32.6 Å². The fraction of sp³-hybridized carbons (Fsp3) is 0.744. The molecule has 0 saturated heterocycles. The Morgan fingerprint density at radius 1 is 0.633 bits per heavy atom. The summed E-state index contributed by atoms with van der Waals surface area (Å²) in [5.41, 5.74) is 5.33. The maximum absolute atomic E-state index is 12.5. The summed E-state index contributed by atoms with van der Waals surface area (Å²) in [5.74, 6) is -0.863. The highest BCUT2D eigenvalue weighted by Crippen LogP contribution is 2.43. The summed E-state index contributed by atoms with van der Waals surface area (Å²) < 4.78 is 32.6. The Balaban J connectivity index is 4.27. The quantitative estimate of drug-likeness (QED) is 0.0285. The summed E-state index contributed by atoms with van der Waals surface area (Å²) in [6.07, 6.45) is 38.5. The van der Waals surface area contributed by atoms with E-state index in [2.05, 4.69) is 62.5 Å². The maximum Gasteiger partial charge on any atom is 0.472 e. The van der Waals surface area contributed by atoms with Crippen molar-refractivity contribution in [2.24, 2.45) is 5.73 Å². The molecule has 0 aliphatic heterocycles. The van der Waals surface area contributed by atoms with E-state index in [0.717, 1.165) is 83.5 Å². The first-order valence-electron chi connectivity index (χ1n) is 19.1. The number of ether oxygens (including phenoxy) is 2. The highest BCUT2D eigenvalue weighted by atomic mass is 31.2. The van der Waals surface area contributed by atoms with Crippen LogP contribution in [0.3, 0.4) is 0 Å². The van der Waals surface area contributed by atoms with Gasteiger partial charge < -0.3 is 20.1 Å². The average molecular weight is 712 g/mol. The van der Waals surface area contributed by atoms with Crippen LogP contribution >= 0.6 is 7.82 Å². The number of phosphoric ester groups is 1. The number of esters is 2. The minimum atomic E-state index is -4.38. The Hall–Kier alpha value is -2.03. The first-order valence-corrected chi connectivity index (χ1v) is 20.6. The van der Waals surface area contributed by atoms with E-state index in [0.29, 0.717) is 12.8 Å². The molecule has 3 N–H and O–H groups in total. The topological polar surface area (TPSA) is 134 Å². The lowest BCUT2D eigenvalue weighted by Crippen LogP contribution is -2.29. The normalized spacial score (nSPS) is 14.0. The van der Waals surface area contributed by atoms with Gasteiger partial charge in [-0.05, 0) is 70.6 Å². The Bertz CT molecular complexity index is 949. The van der Waals surface area contributed by atoms with Crippen LogP contribution in [0.15, 0.2) is 48.6 Å².